The Labute approximate surface area is 171 Å². The van der Waals surface area contributed by atoms with Crippen LogP contribution in [-0.2, 0) is 11.5 Å². The highest BCUT2D eigenvalue weighted by atomic mass is 35.5. The number of amides is 1. The number of anilines is 1. The summed E-state index contributed by atoms with van der Waals surface area (Å²) in [6.45, 7) is 4.11. The number of fused-ring (bicyclic) bond motifs is 1. The minimum absolute atomic E-state index is 0.259. The normalized spacial score (nSPS) is 12.9. The number of aromatic nitrogens is 2. The second-order valence-electron chi connectivity index (χ2n) is 6.58. The molecule has 1 aliphatic heterocycles. The lowest BCUT2D eigenvalue weighted by Gasteiger charge is -2.13. The Morgan fingerprint density at radius 1 is 1.11 bits per heavy atom. The molecular weight excluding hydrogens is 401 g/mol. The molecule has 4 nitrogen and oxygen atoms in total. The smallest absolute Gasteiger partial charge is 0.256 e. The van der Waals surface area contributed by atoms with E-state index in [0.717, 1.165) is 34.0 Å². The Morgan fingerprint density at radius 3 is 2.56 bits per heavy atom. The van der Waals surface area contributed by atoms with Crippen molar-refractivity contribution in [2.24, 2.45) is 0 Å². The Balaban J connectivity index is 1.77. The molecule has 3 aromatic rings. The molecule has 2 heterocycles. The van der Waals surface area contributed by atoms with Crippen LogP contribution in [0.25, 0.3) is 5.69 Å². The van der Waals surface area contributed by atoms with Crippen LogP contribution in [0.5, 0.6) is 0 Å². The van der Waals surface area contributed by atoms with Crippen LogP contribution in [0.2, 0.25) is 10.0 Å². The largest absolute Gasteiger partial charge is 0.306 e. The highest BCUT2D eigenvalue weighted by Crippen LogP contribution is 2.37. The van der Waals surface area contributed by atoms with Gasteiger partial charge < -0.3 is 5.32 Å². The first-order valence-electron chi connectivity index (χ1n) is 8.46. The quantitative estimate of drug-likeness (QED) is 0.585. The van der Waals surface area contributed by atoms with Gasteiger partial charge in [0.2, 0.25) is 0 Å². The summed E-state index contributed by atoms with van der Waals surface area (Å²) >= 11 is 13.9. The van der Waals surface area contributed by atoms with E-state index in [1.807, 2.05) is 23.7 Å². The van der Waals surface area contributed by atoms with Gasteiger partial charge in [-0.3, -0.25) is 4.79 Å². The summed E-state index contributed by atoms with van der Waals surface area (Å²) in [6.07, 6.45) is 0. The summed E-state index contributed by atoms with van der Waals surface area (Å²) in [7, 11) is 0. The molecule has 1 amide bonds. The summed E-state index contributed by atoms with van der Waals surface area (Å²) in [5.41, 5.74) is 5.75. The molecule has 138 valence electrons. The van der Waals surface area contributed by atoms with E-state index in [4.69, 9.17) is 28.3 Å². The number of carbonyl (C=O) groups is 1. The van der Waals surface area contributed by atoms with Crippen LogP contribution in [0, 0.1) is 13.8 Å². The van der Waals surface area contributed by atoms with Crippen molar-refractivity contribution in [2.45, 2.75) is 25.4 Å². The molecule has 1 aliphatic rings. The molecule has 1 N–H and O–H groups in total. The van der Waals surface area contributed by atoms with E-state index >= 15 is 0 Å². The van der Waals surface area contributed by atoms with E-state index < -0.39 is 0 Å². The summed E-state index contributed by atoms with van der Waals surface area (Å²) in [6, 6.07) is 11.0. The van der Waals surface area contributed by atoms with Crippen molar-refractivity contribution < 1.29 is 4.79 Å². The van der Waals surface area contributed by atoms with E-state index in [-0.39, 0.29) is 5.91 Å². The molecule has 27 heavy (non-hydrogen) atoms. The van der Waals surface area contributed by atoms with Crippen molar-refractivity contribution in [2.75, 3.05) is 5.32 Å². The van der Waals surface area contributed by atoms with Gasteiger partial charge in [-0.2, -0.15) is 16.9 Å². The standard InChI is InChI=1S/C20H17Cl2N3OS/c1-11-3-4-18(12(2)5-11)25-19(16-9-27-10-17(16)24-25)23-20(26)13-6-14(21)8-15(22)7-13/h3-8H,9-10H2,1-2H3,(H,23,26). The molecule has 2 aromatic carbocycles. The van der Waals surface area contributed by atoms with Crippen LogP contribution in [0.4, 0.5) is 5.82 Å². The first-order valence-corrected chi connectivity index (χ1v) is 10.4. The van der Waals surface area contributed by atoms with Gasteiger partial charge in [0, 0.05) is 32.7 Å². The number of nitrogens with zero attached hydrogens (tertiary/aromatic N) is 2. The van der Waals surface area contributed by atoms with Gasteiger partial charge in [0.05, 0.1) is 11.4 Å². The minimum atomic E-state index is -0.259. The number of halogens is 2. The number of thioether (sulfide) groups is 1. The molecule has 0 unspecified atom stereocenters. The maximum absolute atomic E-state index is 12.9. The number of hydrogen-bond acceptors (Lipinski definition) is 3. The third kappa shape index (κ3) is 3.59. The molecule has 0 fully saturated rings. The fourth-order valence-electron chi connectivity index (χ4n) is 3.22. The average molecular weight is 418 g/mol. The van der Waals surface area contributed by atoms with E-state index in [0.29, 0.717) is 21.4 Å². The van der Waals surface area contributed by atoms with Gasteiger partial charge in [-0.1, -0.05) is 40.9 Å². The second kappa shape index (κ2) is 7.23. The number of rotatable bonds is 3. The first-order chi connectivity index (χ1) is 12.9. The minimum Gasteiger partial charge on any atom is -0.306 e. The maximum Gasteiger partial charge on any atom is 0.256 e. The summed E-state index contributed by atoms with van der Waals surface area (Å²) in [5, 5.41) is 8.65. The summed E-state index contributed by atoms with van der Waals surface area (Å²) in [5.74, 6) is 2.12. The fraction of sp³-hybridized carbons (Fsp3) is 0.200. The monoisotopic (exact) mass is 417 g/mol. The van der Waals surface area contributed by atoms with Crippen LogP contribution in [-0.4, -0.2) is 15.7 Å². The molecule has 4 rings (SSSR count). The van der Waals surface area contributed by atoms with Gasteiger partial charge in [0.1, 0.15) is 5.82 Å². The number of nitrogens with one attached hydrogen (secondary N) is 1. The first kappa shape index (κ1) is 18.4. The topological polar surface area (TPSA) is 46.9 Å². The van der Waals surface area contributed by atoms with Crippen molar-refractivity contribution in [1.82, 2.24) is 9.78 Å². The van der Waals surface area contributed by atoms with Gasteiger partial charge in [-0.15, -0.1) is 0 Å². The zero-order valence-electron chi connectivity index (χ0n) is 14.8. The second-order valence-corrected chi connectivity index (χ2v) is 8.44. The maximum atomic E-state index is 12.9. The van der Waals surface area contributed by atoms with Crippen LogP contribution in [0.15, 0.2) is 36.4 Å². The van der Waals surface area contributed by atoms with Crippen molar-refractivity contribution >= 4 is 46.7 Å². The molecule has 0 saturated carbocycles. The number of hydrogen-bond donors (Lipinski definition) is 1. The van der Waals surface area contributed by atoms with Crippen LogP contribution < -0.4 is 5.32 Å². The lowest BCUT2D eigenvalue weighted by atomic mass is 10.1. The van der Waals surface area contributed by atoms with Gasteiger partial charge in [-0.25, -0.2) is 4.68 Å². The molecule has 0 bridgehead atoms. The van der Waals surface area contributed by atoms with Gasteiger partial charge >= 0.3 is 0 Å². The zero-order valence-corrected chi connectivity index (χ0v) is 17.2. The Hall–Kier alpha value is -1.95. The Bertz CT molecular complexity index is 1040. The average Bonchev–Trinajstić information content (AvgIpc) is 3.17. The molecule has 0 saturated heterocycles. The van der Waals surface area contributed by atoms with Gasteiger partial charge in [-0.05, 0) is 43.7 Å². The Kier molecular flexibility index (Phi) is 4.93. The van der Waals surface area contributed by atoms with Crippen molar-refractivity contribution in [3.8, 4) is 5.69 Å². The zero-order chi connectivity index (χ0) is 19.1. The lowest BCUT2D eigenvalue weighted by Crippen LogP contribution is -2.16. The van der Waals surface area contributed by atoms with E-state index in [1.165, 1.54) is 5.56 Å². The molecule has 7 heteroatoms. The molecular formula is C20H17Cl2N3OS. The van der Waals surface area contributed by atoms with Crippen molar-refractivity contribution in [3.63, 3.8) is 0 Å². The van der Waals surface area contributed by atoms with Crippen LogP contribution >= 0.6 is 35.0 Å². The number of carbonyl (C=O) groups excluding carboxylic acids is 1. The van der Waals surface area contributed by atoms with E-state index in [9.17, 15) is 4.79 Å². The fourth-order valence-corrected chi connectivity index (χ4v) is 4.78. The van der Waals surface area contributed by atoms with Crippen LogP contribution in [0.1, 0.15) is 32.7 Å². The molecule has 0 atom stereocenters. The number of benzene rings is 2. The predicted octanol–water partition coefficient (Wildman–Crippen LogP) is 5.80. The van der Waals surface area contributed by atoms with Crippen LogP contribution in [0.3, 0.4) is 0 Å². The van der Waals surface area contributed by atoms with Gasteiger partial charge in [0.15, 0.2) is 0 Å². The molecule has 0 aliphatic carbocycles. The highest BCUT2D eigenvalue weighted by Gasteiger charge is 2.25. The summed E-state index contributed by atoms with van der Waals surface area (Å²) in [4.78, 5) is 12.9. The predicted molar refractivity (Wildman–Crippen MR) is 112 cm³/mol. The molecule has 0 radical (unpaired) electrons. The highest BCUT2D eigenvalue weighted by molar-refractivity contribution is 7.98. The molecule has 1 aromatic heterocycles. The van der Waals surface area contributed by atoms with E-state index in [2.05, 4.69) is 18.3 Å². The Morgan fingerprint density at radius 2 is 1.85 bits per heavy atom. The van der Waals surface area contributed by atoms with Crippen molar-refractivity contribution in [3.05, 3.63) is 74.4 Å². The number of aryl methyl sites for hydroxylation is 2. The van der Waals surface area contributed by atoms with E-state index in [1.54, 1.807) is 30.0 Å². The van der Waals surface area contributed by atoms with Gasteiger partial charge in [0.25, 0.3) is 5.91 Å². The SMILES string of the molecule is Cc1ccc(-n2nc3c(c2NC(=O)c2cc(Cl)cc(Cl)c2)CSC3)c(C)c1. The third-order valence-corrected chi connectivity index (χ3v) is 5.90. The van der Waals surface area contributed by atoms with Crippen molar-refractivity contribution in [1.29, 1.82) is 0 Å². The molecule has 0 spiro atoms. The third-order valence-electron chi connectivity index (χ3n) is 4.49. The summed E-state index contributed by atoms with van der Waals surface area (Å²) < 4.78 is 1.84. The lowest BCUT2D eigenvalue weighted by molar-refractivity contribution is 0.102.